The topological polar surface area (TPSA) is 167 Å². The molecule has 0 spiro atoms. The molecule has 114 valence electrons. The third kappa shape index (κ3) is 14.1. The Kier molecular flexibility index (Phi) is 12.9. The second-order valence-electron chi connectivity index (χ2n) is 3.91. The van der Waals surface area contributed by atoms with E-state index in [1.165, 1.54) is 0 Å². The van der Waals surface area contributed by atoms with Gasteiger partial charge in [0.1, 0.15) is 0 Å². The van der Waals surface area contributed by atoms with E-state index in [1.807, 2.05) is 0 Å². The summed E-state index contributed by atoms with van der Waals surface area (Å²) in [5, 5.41) is 41.6. The maximum atomic E-state index is 10.4. The predicted molar refractivity (Wildman–Crippen MR) is 58.7 cm³/mol. The summed E-state index contributed by atoms with van der Waals surface area (Å²) in [5.41, 5.74) is 0. The fourth-order valence-electron chi connectivity index (χ4n) is 1.44. The Hall–Kier alpha value is -0.629. The van der Waals surface area contributed by atoms with Crippen LogP contribution in [-0.4, -0.2) is 122 Å². The number of carbonyl (C=O) groups excluding carboxylic acids is 4. The summed E-state index contributed by atoms with van der Waals surface area (Å²) in [6.07, 6.45) is 0. The molecule has 21 heavy (non-hydrogen) atoms. The van der Waals surface area contributed by atoms with Crippen molar-refractivity contribution in [1.82, 2.24) is 9.80 Å². The Labute approximate surface area is 160 Å². The molecule has 0 rings (SSSR count). The molecule has 0 unspecified atom stereocenters. The minimum atomic E-state index is -1.53. The number of hydrogen-bond donors (Lipinski definition) is 0. The standard InChI is InChI=1S/C10H16N2O8.Ba/c13-7(14)3-11(4-8(15)16)1-2-12(5-9(17)18)6-10(19)20;/h1-6H2,(H,13,14)(H,15,16)(H,17,18)(H,19,20);/q;+2/p-4. The molecule has 10 nitrogen and oxygen atoms in total. The Morgan fingerprint density at radius 2 is 0.762 bits per heavy atom. The summed E-state index contributed by atoms with van der Waals surface area (Å²) in [5.74, 6) is -6.12. The van der Waals surface area contributed by atoms with Crippen LogP contribution >= 0.6 is 0 Å². The summed E-state index contributed by atoms with van der Waals surface area (Å²) in [6, 6.07) is 0. The van der Waals surface area contributed by atoms with E-state index in [-0.39, 0.29) is 62.0 Å². The first-order valence-corrected chi connectivity index (χ1v) is 5.44. The number of carboxylic acids is 4. The summed E-state index contributed by atoms with van der Waals surface area (Å²) in [7, 11) is 0. The minimum absolute atomic E-state index is 0. The zero-order valence-corrected chi connectivity index (χ0v) is 15.6. The van der Waals surface area contributed by atoms with Gasteiger partial charge in [-0.1, -0.05) is 0 Å². The summed E-state index contributed by atoms with van der Waals surface area (Å²) < 4.78 is 0. The van der Waals surface area contributed by atoms with E-state index >= 15 is 0 Å². The van der Waals surface area contributed by atoms with Gasteiger partial charge in [0.25, 0.3) is 0 Å². The molecule has 0 N–H and O–H groups in total. The molecule has 0 saturated carbocycles. The maximum Gasteiger partial charge on any atom is 2.00 e. The molecule has 0 aromatic carbocycles. The minimum Gasteiger partial charge on any atom is -0.549 e. The van der Waals surface area contributed by atoms with E-state index in [2.05, 4.69) is 0 Å². The van der Waals surface area contributed by atoms with Gasteiger partial charge in [0.15, 0.2) is 0 Å². The van der Waals surface area contributed by atoms with Crippen molar-refractivity contribution in [2.75, 3.05) is 39.3 Å². The molecule has 0 amide bonds. The Balaban J connectivity index is 0. The molecule has 0 saturated heterocycles. The van der Waals surface area contributed by atoms with Crippen LogP contribution in [0.25, 0.3) is 0 Å². The summed E-state index contributed by atoms with van der Waals surface area (Å²) in [6.45, 7) is -3.25. The van der Waals surface area contributed by atoms with Gasteiger partial charge in [-0.3, -0.25) is 9.80 Å². The van der Waals surface area contributed by atoms with E-state index < -0.39 is 50.1 Å². The van der Waals surface area contributed by atoms with Crippen LogP contribution in [0.1, 0.15) is 0 Å². The molecule has 0 bridgehead atoms. The Morgan fingerprint density at radius 3 is 0.905 bits per heavy atom. The van der Waals surface area contributed by atoms with Crippen molar-refractivity contribution >= 4 is 72.8 Å². The quantitative estimate of drug-likeness (QED) is 0.290. The van der Waals surface area contributed by atoms with Crippen molar-refractivity contribution in [3.8, 4) is 0 Å². The van der Waals surface area contributed by atoms with Gasteiger partial charge < -0.3 is 39.6 Å². The number of hydrogen-bond acceptors (Lipinski definition) is 10. The third-order valence-corrected chi connectivity index (χ3v) is 2.14. The van der Waals surface area contributed by atoms with Gasteiger partial charge in [0.2, 0.25) is 0 Å². The molecule has 0 fully saturated rings. The van der Waals surface area contributed by atoms with Crippen LogP contribution in [0.15, 0.2) is 0 Å². The first kappa shape index (κ1) is 22.6. The average molecular weight is 426 g/mol. The van der Waals surface area contributed by atoms with E-state index in [4.69, 9.17) is 0 Å². The molecular formula is C10H12BaN2O8-2. The van der Waals surface area contributed by atoms with E-state index in [0.29, 0.717) is 0 Å². The molecular weight excluding hydrogens is 413 g/mol. The second-order valence-corrected chi connectivity index (χ2v) is 3.91. The summed E-state index contributed by atoms with van der Waals surface area (Å²) in [4.78, 5) is 43.4. The fraction of sp³-hybridized carbons (Fsp3) is 0.600. The zero-order valence-electron chi connectivity index (χ0n) is 11.1. The zero-order chi connectivity index (χ0) is 15.7. The van der Waals surface area contributed by atoms with Gasteiger partial charge in [0.05, 0.1) is 23.9 Å². The Bertz CT molecular complexity index is 321. The van der Waals surface area contributed by atoms with Crippen LogP contribution in [0.2, 0.25) is 0 Å². The van der Waals surface area contributed by atoms with Crippen LogP contribution in [0.4, 0.5) is 0 Å². The van der Waals surface area contributed by atoms with Crippen molar-refractivity contribution in [2.24, 2.45) is 0 Å². The number of aliphatic carboxylic acids is 4. The normalized spacial score (nSPS) is 10.2. The monoisotopic (exact) mass is 426 g/mol. The predicted octanol–water partition coefficient (Wildman–Crippen LogP) is -7.79. The number of carboxylic acid groups (broad SMARTS) is 4. The molecule has 0 radical (unpaired) electrons. The van der Waals surface area contributed by atoms with Crippen molar-refractivity contribution in [3.05, 3.63) is 0 Å². The molecule has 0 aliphatic heterocycles. The van der Waals surface area contributed by atoms with Crippen LogP contribution in [0, 0.1) is 0 Å². The maximum absolute atomic E-state index is 10.4. The molecule has 11 heteroatoms. The van der Waals surface area contributed by atoms with Crippen molar-refractivity contribution in [2.45, 2.75) is 0 Å². The largest absolute Gasteiger partial charge is 2.00 e. The van der Waals surface area contributed by atoms with E-state index in [1.54, 1.807) is 0 Å². The number of nitrogens with zero attached hydrogens (tertiary/aromatic N) is 2. The van der Waals surface area contributed by atoms with Crippen molar-refractivity contribution in [3.63, 3.8) is 0 Å². The van der Waals surface area contributed by atoms with Gasteiger partial charge >= 0.3 is 48.9 Å². The van der Waals surface area contributed by atoms with Gasteiger partial charge in [-0.2, -0.15) is 0 Å². The SMILES string of the molecule is O=C([O-])CN(CCN(CC(=O)[O-])CC(=O)[O-])CC(=O)[O-].[Ba+2]. The Morgan fingerprint density at radius 1 is 0.571 bits per heavy atom. The summed E-state index contributed by atoms with van der Waals surface area (Å²) >= 11 is 0. The van der Waals surface area contributed by atoms with Crippen LogP contribution in [0.3, 0.4) is 0 Å². The van der Waals surface area contributed by atoms with Crippen molar-refractivity contribution < 1.29 is 39.6 Å². The van der Waals surface area contributed by atoms with Gasteiger partial charge in [0, 0.05) is 39.3 Å². The molecule has 0 heterocycles. The molecule has 0 atom stereocenters. The van der Waals surface area contributed by atoms with E-state index in [0.717, 1.165) is 9.80 Å². The molecule has 0 aliphatic rings. The van der Waals surface area contributed by atoms with Crippen LogP contribution in [0.5, 0.6) is 0 Å². The first-order valence-electron chi connectivity index (χ1n) is 5.44. The van der Waals surface area contributed by atoms with Crippen molar-refractivity contribution in [1.29, 1.82) is 0 Å². The van der Waals surface area contributed by atoms with E-state index in [9.17, 15) is 39.6 Å². The molecule has 0 aliphatic carbocycles. The smallest absolute Gasteiger partial charge is 0.549 e. The van der Waals surface area contributed by atoms with Gasteiger partial charge in [-0.05, 0) is 0 Å². The van der Waals surface area contributed by atoms with Gasteiger partial charge in [-0.15, -0.1) is 0 Å². The van der Waals surface area contributed by atoms with Gasteiger partial charge in [-0.25, -0.2) is 0 Å². The van der Waals surface area contributed by atoms with Crippen LogP contribution < -0.4 is 20.4 Å². The average Bonchev–Trinajstić information content (AvgIpc) is 2.22. The number of rotatable bonds is 11. The number of carbonyl (C=O) groups is 4. The van der Waals surface area contributed by atoms with Crippen LogP contribution in [-0.2, 0) is 19.2 Å². The second kappa shape index (κ2) is 12.0. The molecule has 0 aromatic rings. The fourth-order valence-corrected chi connectivity index (χ4v) is 1.44. The third-order valence-electron chi connectivity index (χ3n) is 2.14. The first-order chi connectivity index (χ1) is 9.20. The molecule has 0 aromatic heterocycles.